The number of hydrogen-bond acceptors (Lipinski definition) is 3. The number of fused-ring (bicyclic) bond motifs is 1. The van der Waals surface area contributed by atoms with Crippen LogP contribution in [0.15, 0.2) is 18.2 Å². The molecule has 1 unspecified atom stereocenters. The molecule has 0 fully saturated rings. The average Bonchev–Trinajstić information content (AvgIpc) is 2.37. The van der Waals surface area contributed by atoms with Crippen LogP contribution in [0.3, 0.4) is 0 Å². The molecule has 94 valence electrons. The fraction of sp³-hybridized carbons (Fsp3) is 0.429. The fourth-order valence-electron chi connectivity index (χ4n) is 2.27. The van der Waals surface area contributed by atoms with Crippen molar-refractivity contribution in [3.05, 3.63) is 34.9 Å². The summed E-state index contributed by atoms with van der Waals surface area (Å²) < 4.78 is 0. The Morgan fingerprint density at radius 2 is 2.39 bits per heavy atom. The first-order valence-corrected chi connectivity index (χ1v) is 6.17. The van der Waals surface area contributed by atoms with Crippen LogP contribution < -0.4 is 10.6 Å². The summed E-state index contributed by atoms with van der Waals surface area (Å²) in [6.45, 7) is 3.36. The molecule has 1 aromatic rings. The third-order valence-electron chi connectivity index (χ3n) is 3.13. The van der Waals surface area contributed by atoms with Gasteiger partial charge in [0.05, 0.1) is 6.07 Å². The molecule has 4 heteroatoms. The molecule has 1 amide bonds. The number of nitriles is 1. The molecule has 4 nitrogen and oxygen atoms in total. The smallest absolute Gasteiger partial charge is 0.217 e. The Hall–Kier alpha value is -1.86. The predicted molar refractivity (Wildman–Crippen MR) is 68.8 cm³/mol. The van der Waals surface area contributed by atoms with Crippen molar-refractivity contribution in [2.24, 2.45) is 0 Å². The first kappa shape index (κ1) is 12.6. The monoisotopic (exact) mass is 243 g/mol. The zero-order valence-corrected chi connectivity index (χ0v) is 10.5. The van der Waals surface area contributed by atoms with E-state index in [0.29, 0.717) is 6.42 Å². The van der Waals surface area contributed by atoms with E-state index in [4.69, 9.17) is 5.26 Å². The van der Waals surface area contributed by atoms with Crippen molar-refractivity contribution in [3.8, 4) is 6.07 Å². The summed E-state index contributed by atoms with van der Waals surface area (Å²) in [6.07, 6.45) is 1.59. The second kappa shape index (κ2) is 5.65. The largest absolute Gasteiger partial charge is 0.340 e. The predicted octanol–water partition coefficient (Wildman–Crippen LogP) is 0.903. The Labute approximate surface area is 107 Å². The average molecular weight is 243 g/mol. The van der Waals surface area contributed by atoms with Gasteiger partial charge >= 0.3 is 0 Å². The van der Waals surface area contributed by atoms with Crippen molar-refractivity contribution in [1.82, 2.24) is 10.6 Å². The molecule has 2 rings (SSSR count). The van der Waals surface area contributed by atoms with E-state index in [1.807, 2.05) is 6.07 Å². The molecule has 1 aromatic carbocycles. The minimum Gasteiger partial charge on any atom is -0.340 e. The summed E-state index contributed by atoms with van der Waals surface area (Å²) in [7, 11) is 0. The van der Waals surface area contributed by atoms with Gasteiger partial charge in [0.15, 0.2) is 0 Å². The fourth-order valence-corrected chi connectivity index (χ4v) is 2.27. The van der Waals surface area contributed by atoms with E-state index in [9.17, 15) is 4.79 Å². The van der Waals surface area contributed by atoms with Gasteiger partial charge in [-0.2, -0.15) is 5.26 Å². The zero-order chi connectivity index (χ0) is 13.0. The molecule has 0 aromatic heterocycles. The molecule has 2 N–H and O–H groups in total. The molecule has 18 heavy (non-hydrogen) atoms. The molecule has 0 saturated carbocycles. The van der Waals surface area contributed by atoms with Gasteiger partial charge in [0.1, 0.15) is 6.04 Å². The molecule has 0 aliphatic carbocycles. The van der Waals surface area contributed by atoms with Gasteiger partial charge in [-0.15, -0.1) is 0 Å². The van der Waals surface area contributed by atoms with Gasteiger partial charge < -0.3 is 10.6 Å². The van der Waals surface area contributed by atoms with Gasteiger partial charge in [-0.05, 0) is 29.7 Å². The lowest BCUT2D eigenvalue weighted by atomic mass is 9.96. The van der Waals surface area contributed by atoms with Crippen molar-refractivity contribution in [1.29, 1.82) is 5.26 Å². The van der Waals surface area contributed by atoms with Crippen LogP contribution in [0.5, 0.6) is 0 Å². The highest BCUT2D eigenvalue weighted by Gasteiger charge is 2.12. The highest BCUT2D eigenvalue weighted by molar-refractivity contribution is 5.73. The highest BCUT2D eigenvalue weighted by Crippen LogP contribution is 2.16. The van der Waals surface area contributed by atoms with Crippen molar-refractivity contribution < 1.29 is 4.79 Å². The Morgan fingerprint density at radius 3 is 3.11 bits per heavy atom. The number of benzene rings is 1. The highest BCUT2D eigenvalue weighted by atomic mass is 16.1. The third kappa shape index (κ3) is 3.08. The van der Waals surface area contributed by atoms with Crippen LogP contribution in [0.25, 0.3) is 0 Å². The summed E-state index contributed by atoms with van der Waals surface area (Å²) in [5.74, 6) is -0.163. The third-order valence-corrected chi connectivity index (χ3v) is 3.13. The van der Waals surface area contributed by atoms with E-state index in [1.54, 1.807) is 0 Å². The van der Waals surface area contributed by atoms with Crippen LogP contribution in [0.1, 0.15) is 23.6 Å². The van der Waals surface area contributed by atoms with E-state index in [2.05, 4.69) is 28.8 Å². The molecule has 1 heterocycles. The standard InChI is InChI=1S/C14H17N3O/c1-10(18)17-14(8-15)7-11-2-3-13-9-16-5-4-12(13)6-11/h2-3,6,14,16H,4-5,7,9H2,1H3,(H,17,18). The molecule has 1 aliphatic heterocycles. The van der Waals surface area contributed by atoms with Gasteiger partial charge in [-0.3, -0.25) is 4.79 Å². The second-order valence-electron chi connectivity index (χ2n) is 4.62. The van der Waals surface area contributed by atoms with E-state index >= 15 is 0 Å². The minimum absolute atomic E-state index is 0.163. The second-order valence-corrected chi connectivity index (χ2v) is 4.62. The maximum absolute atomic E-state index is 11.0. The van der Waals surface area contributed by atoms with Crippen molar-refractivity contribution in [2.45, 2.75) is 32.4 Å². The van der Waals surface area contributed by atoms with Crippen LogP contribution in [0.4, 0.5) is 0 Å². The number of carbonyl (C=O) groups excluding carboxylic acids is 1. The summed E-state index contributed by atoms with van der Waals surface area (Å²) in [6, 6.07) is 7.98. The van der Waals surface area contributed by atoms with Crippen LogP contribution in [0, 0.1) is 11.3 Å². The van der Waals surface area contributed by atoms with Crippen LogP contribution in [-0.2, 0) is 24.2 Å². The van der Waals surface area contributed by atoms with Crippen molar-refractivity contribution in [3.63, 3.8) is 0 Å². The van der Waals surface area contributed by atoms with E-state index < -0.39 is 6.04 Å². The summed E-state index contributed by atoms with van der Waals surface area (Å²) in [4.78, 5) is 11.0. The molecular weight excluding hydrogens is 226 g/mol. The maximum Gasteiger partial charge on any atom is 0.217 e. The van der Waals surface area contributed by atoms with Crippen molar-refractivity contribution >= 4 is 5.91 Å². The quantitative estimate of drug-likeness (QED) is 0.829. The topological polar surface area (TPSA) is 64.9 Å². The van der Waals surface area contributed by atoms with Crippen LogP contribution >= 0.6 is 0 Å². The first-order valence-electron chi connectivity index (χ1n) is 6.17. The molecule has 1 aliphatic rings. The normalized spacial score (nSPS) is 15.3. The molecule has 0 saturated heterocycles. The minimum atomic E-state index is -0.442. The molecule has 1 atom stereocenters. The van der Waals surface area contributed by atoms with E-state index in [1.165, 1.54) is 18.1 Å². The Morgan fingerprint density at radius 1 is 1.56 bits per heavy atom. The van der Waals surface area contributed by atoms with Crippen LogP contribution in [0.2, 0.25) is 0 Å². The number of nitrogens with zero attached hydrogens (tertiary/aromatic N) is 1. The van der Waals surface area contributed by atoms with Gasteiger partial charge in [0.2, 0.25) is 5.91 Å². The van der Waals surface area contributed by atoms with Gasteiger partial charge in [-0.1, -0.05) is 18.2 Å². The zero-order valence-electron chi connectivity index (χ0n) is 10.5. The Bertz CT molecular complexity index is 490. The van der Waals surface area contributed by atoms with Crippen molar-refractivity contribution in [2.75, 3.05) is 6.54 Å². The number of nitrogens with one attached hydrogen (secondary N) is 2. The summed E-state index contributed by atoms with van der Waals surface area (Å²) >= 11 is 0. The molecule has 0 spiro atoms. The van der Waals surface area contributed by atoms with Gasteiger partial charge in [-0.25, -0.2) is 0 Å². The first-order chi connectivity index (χ1) is 8.69. The lowest BCUT2D eigenvalue weighted by Gasteiger charge is -2.18. The SMILES string of the molecule is CC(=O)NC(C#N)Cc1ccc2c(c1)CCNC2. The van der Waals surface area contributed by atoms with Gasteiger partial charge in [0.25, 0.3) is 0 Å². The molecular formula is C14H17N3O. The van der Waals surface area contributed by atoms with Gasteiger partial charge in [0, 0.05) is 19.9 Å². The molecule has 0 bridgehead atoms. The maximum atomic E-state index is 11.0. The number of carbonyl (C=O) groups is 1. The van der Waals surface area contributed by atoms with Crippen LogP contribution in [-0.4, -0.2) is 18.5 Å². The summed E-state index contributed by atoms with van der Waals surface area (Å²) in [5, 5.41) is 15.0. The lowest BCUT2D eigenvalue weighted by molar-refractivity contribution is -0.119. The van der Waals surface area contributed by atoms with E-state index in [0.717, 1.165) is 25.1 Å². The lowest BCUT2D eigenvalue weighted by Crippen LogP contribution is -2.33. The van der Waals surface area contributed by atoms with E-state index in [-0.39, 0.29) is 5.91 Å². The Kier molecular flexibility index (Phi) is 3.96. The number of rotatable bonds is 3. The number of hydrogen-bond donors (Lipinski definition) is 2. The summed E-state index contributed by atoms with van der Waals surface area (Å²) in [5.41, 5.74) is 3.79. The number of amides is 1. The Balaban J connectivity index is 2.09. The molecule has 0 radical (unpaired) electrons.